The van der Waals surface area contributed by atoms with Crippen LogP contribution in [0.3, 0.4) is 0 Å². The smallest absolute Gasteiger partial charge is 0.360 e. The predicted octanol–water partition coefficient (Wildman–Crippen LogP) is 3.04. The van der Waals surface area contributed by atoms with E-state index >= 15 is 0 Å². The van der Waals surface area contributed by atoms with Crippen LogP contribution in [0, 0.1) is 0 Å². The van der Waals surface area contributed by atoms with E-state index in [1.807, 2.05) is 0 Å². The zero-order chi connectivity index (χ0) is 15.4. The van der Waals surface area contributed by atoms with E-state index in [0.29, 0.717) is 15.6 Å². The summed E-state index contributed by atoms with van der Waals surface area (Å²) in [5, 5.41) is 15.2. The lowest BCUT2D eigenvalue weighted by Crippen LogP contribution is -2.15. The number of rotatable bonds is 5. The summed E-state index contributed by atoms with van der Waals surface area (Å²) in [6, 6.07) is 4.93. The first-order chi connectivity index (χ1) is 9.97. The third kappa shape index (κ3) is 4.07. The van der Waals surface area contributed by atoms with Crippen molar-refractivity contribution >= 4 is 51.4 Å². The molecule has 21 heavy (non-hydrogen) atoms. The van der Waals surface area contributed by atoms with E-state index < -0.39 is 5.97 Å². The van der Waals surface area contributed by atoms with Gasteiger partial charge in [-0.2, -0.15) is 0 Å². The third-order valence-electron chi connectivity index (χ3n) is 2.34. The molecule has 0 aliphatic rings. The summed E-state index contributed by atoms with van der Waals surface area (Å²) in [5.74, 6) is -1.26. The van der Waals surface area contributed by atoms with Crippen molar-refractivity contribution in [1.29, 1.82) is 0 Å². The molecule has 0 aliphatic heterocycles. The van der Waals surface area contributed by atoms with Crippen molar-refractivity contribution < 1.29 is 14.7 Å². The lowest BCUT2D eigenvalue weighted by molar-refractivity contribution is -0.129. The van der Waals surface area contributed by atoms with Crippen molar-refractivity contribution in [2.24, 2.45) is 5.16 Å². The van der Waals surface area contributed by atoms with Crippen LogP contribution in [0.2, 0.25) is 10.0 Å². The molecule has 0 aliphatic carbocycles. The molecule has 3 N–H and O–H groups in total. The van der Waals surface area contributed by atoms with Crippen molar-refractivity contribution in [3.63, 3.8) is 0 Å². The van der Waals surface area contributed by atoms with Crippen LogP contribution in [0.4, 0.5) is 5.13 Å². The van der Waals surface area contributed by atoms with Gasteiger partial charge in [0.2, 0.25) is 5.71 Å². The normalized spacial score (nSPS) is 11.4. The molecule has 1 aromatic heterocycles. The van der Waals surface area contributed by atoms with Crippen molar-refractivity contribution in [2.45, 2.75) is 6.61 Å². The minimum Gasteiger partial charge on any atom is -0.476 e. The number of carboxylic acids is 1. The van der Waals surface area contributed by atoms with Gasteiger partial charge in [-0.1, -0.05) is 34.4 Å². The van der Waals surface area contributed by atoms with Gasteiger partial charge in [-0.15, -0.1) is 11.3 Å². The molecule has 9 heteroatoms. The molecule has 0 unspecified atom stereocenters. The molecule has 110 valence electrons. The van der Waals surface area contributed by atoms with Crippen LogP contribution < -0.4 is 5.73 Å². The van der Waals surface area contributed by atoms with E-state index in [9.17, 15) is 4.79 Å². The number of carboxylic acid groups (broad SMARTS) is 1. The molecule has 0 saturated carbocycles. The predicted molar refractivity (Wildman–Crippen MR) is 82.0 cm³/mol. The number of anilines is 1. The second-order valence-corrected chi connectivity index (χ2v) is 5.54. The molecular weight excluding hydrogens is 337 g/mol. The summed E-state index contributed by atoms with van der Waals surface area (Å²) < 4.78 is 0. The summed E-state index contributed by atoms with van der Waals surface area (Å²) in [7, 11) is 0. The highest BCUT2D eigenvalue weighted by molar-refractivity contribution is 7.13. The number of nitrogen functional groups attached to an aromatic ring is 1. The van der Waals surface area contributed by atoms with E-state index in [2.05, 4.69) is 10.1 Å². The van der Waals surface area contributed by atoms with E-state index in [1.165, 1.54) is 5.38 Å². The Morgan fingerprint density at radius 1 is 1.43 bits per heavy atom. The number of thiazole rings is 1. The number of hydrogen-bond acceptors (Lipinski definition) is 6. The number of hydrogen-bond donors (Lipinski definition) is 2. The summed E-state index contributed by atoms with van der Waals surface area (Å²) in [6.45, 7) is 0.0489. The molecule has 6 nitrogen and oxygen atoms in total. The molecule has 0 atom stereocenters. The van der Waals surface area contributed by atoms with Crippen LogP contribution in [0.15, 0.2) is 28.7 Å². The molecule has 0 bridgehead atoms. The van der Waals surface area contributed by atoms with Crippen LogP contribution in [0.5, 0.6) is 0 Å². The van der Waals surface area contributed by atoms with Crippen molar-refractivity contribution in [3.8, 4) is 0 Å². The molecule has 0 fully saturated rings. The molecule has 0 radical (unpaired) electrons. The number of nitrogens with zero attached hydrogens (tertiary/aromatic N) is 2. The molecule has 2 aromatic rings. The van der Waals surface area contributed by atoms with Gasteiger partial charge in [0.05, 0.1) is 10.0 Å². The Balaban J connectivity index is 2.10. The zero-order valence-electron chi connectivity index (χ0n) is 10.4. The van der Waals surface area contributed by atoms with Gasteiger partial charge < -0.3 is 15.7 Å². The van der Waals surface area contributed by atoms with Gasteiger partial charge >= 0.3 is 5.97 Å². The highest BCUT2D eigenvalue weighted by Crippen LogP contribution is 2.23. The monoisotopic (exact) mass is 345 g/mol. The number of nitrogens with two attached hydrogens (primary N) is 1. The first-order valence-corrected chi connectivity index (χ1v) is 7.19. The van der Waals surface area contributed by atoms with Gasteiger partial charge in [0.15, 0.2) is 5.13 Å². The van der Waals surface area contributed by atoms with Gasteiger partial charge in [0.25, 0.3) is 0 Å². The fourth-order valence-electron chi connectivity index (χ4n) is 1.39. The Kier molecular flexibility index (Phi) is 5.00. The van der Waals surface area contributed by atoms with E-state index in [-0.39, 0.29) is 23.1 Å². The molecule has 1 heterocycles. The van der Waals surface area contributed by atoms with Gasteiger partial charge in [-0.05, 0) is 17.7 Å². The molecular formula is C12H9Cl2N3O3S. The number of carbonyl (C=O) groups is 1. The molecule has 0 spiro atoms. The van der Waals surface area contributed by atoms with Gasteiger partial charge in [-0.3, -0.25) is 0 Å². The Bertz CT molecular complexity index is 703. The Hall–Kier alpha value is -1.83. The Morgan fingerprint density at radius 2 is 2.19 bits per heavy atom. The maximum atomic E-state index is 11.1. The number of benzene rings is 1. The van der Waals surface area contributed by atoms with E-state index in [1.54, 1.807) is 18.2 Å². The molecule has 2 rings (SSSR count). The van der Waals surface area contributed by atoms with Gasteiger partial charge in [0, 0.05) is 5.38 Å². The number of aliphatic carboxylic acids is 1. The summed E-state index contributed by atoms with van der Waals surface area (Å²) >= 11 is 12.8. The second-order valence-electron chi connectivity index (χ2n) is 3.84. The highest BCUT2D eigenvalue weighted by Gasteiger charge is 2.17. The Morgan fingerprint density at radius 3 is 2.76 bits per heavy atom. The summed E-state index contributed by atoms with van der Waals surface area (Å²) in [6.07, 6.45) is 0. The maximum absolute atomic E-state index is 11.1. The van der Waals surface area contributed by atoms with Gasteiger partial charge in [-0.25, -0.2) is 9.78 Å². The number of oxime groups is 1. The van der Waals surface area contributed by atoms with Crippen molar-refractivity contribution in [2.75, 3.05) is 5.73 Å². The summed E-state index contributed by atoms with van der Waals surface area (Å²) in [4.78, 5) is 20.0. The van der Waals surface area contributed by atoms with Crippen LogP contribution in [-0.4, -0.2) is 21.8 Å². The SMILES string of the molecule is Nc1nc(/C(=N\OCc2ccc(Cl)c(Cl)c2)C(=O)O)cs1. The zero-order valence-corrected chi connectivity index (χ0v) is 12.7. The number of aromatic nitrogens is 1. The molecule has 0 saturated heterocycles. The second kappa shape index (κ2) is 6.75. The lowest BCUT2D eigenvalue weighted by Gasteiger charge is -2.03. The van der Waals surface area contributed by atoms with E-state index in [4.69, 9.17) is 38.9 Å². The fourth-order valence-corrected chi connectivity index (χ4v) is 2.26. The first kappa shape index (κ1) is 15.6. The maximum Gasteiger partial charge on any atom is 0.360 e. The van der Waals surface area contributed by atoms with Crippen LogP contribution in [0.25, 0.3) is 0 Å². The Labute approximate surface area is 133 Å². The topological polar surface area (TPSA) is 97.8 Å². The standard InChI is InChI=1S/C12H9Cl2N3O3S/c13-7-2-1-6(3-8(7)14)4-20-17-10(11(18)19)9-5-21-12(15)16-9/h1-3,5H,4H2,(H2,15,16)(H,18,19)/b17-10+. The third-order valence-corrected chi connectivity index (χ3v) is 3.75. The van der Waals surface area contributed by atoms with Crippen molar-refractivity contribution in [3.05, 3.63) is 44.9 Å². The molecule has 1 aromatic carbocycles. The minimum atomic E-state index is -1.26. The summed E-state index contributed by atoms with van der Waals surface area (Å²) in [5.41, 5.74) is 6.00. The van der Waals surface area contributed by atoms with Crippen LogP contribution >= 0.6 is 34.5 Å². The van der Waals surface area contributed by atoms with Crippen molar-refractivity contribution in [1.82, 2.24) is 4.98 Å². The number of halogens is 2. The van der Waals surface area contributed by atoms with E-state index in [0.717, 1.165) is 11.3 Å². The quantitative estimate of drug-likeness (QED) is 0.641. The first-order valence-electron chi connectivity index (χ1n) is 5.56. The molecule has 0 amide bonds. The van der Waals surface area contributed by atoms with Crippen LogP contribution in [-0.2, 0) is 16.2 Å². The lowest BCUT2D eigenvalue weighted by atomic mass is 10.2. The largest absolute Gasteiger partial charge is 0.476 e. The fraction of sp³-hybridized carbons (Fsp3) is 0.0833. The van der Waals surface area contributed by atoms with Crippen LogP contribution in [0.1, 0.15) is 11.3 Å². The highest BCUT2D eigenvalue weighted by atomic mass is 35.5. The van der Waals surface area contributed by atoms with Gasteiger partial charge in [0.1, 0.15) is 12.3 Å². The average Bonchev–Trinajstić information content (AvgIpc) is 2.84. The average molecular weight is 346 g/mol. The minimum absolute atomic E-state index is 0.0489.